The van der Waals surface area contributed by atoms with E-state index in [1.165, 1.54) is 21.2 Å². The number of benzene rings is 2. The molecule has 0 saturated carbocycles. The number of anilines is 2. The van der Waals surface area contributed by atoms with E-state index in [1.807, 2.05) is 6.07 Å². The number of amides is 1. The molecule has 5 rings (SSSR count). The molecule has 2 saturated heterocycles. The van der Waals surface area contributed by atoms with Gasteiger partial charge in [-0.1, -0.05) is 55.4 Å². The zero-order valence-corrected chi connectivity index (χ0v) is 20.6. The minimum Gasteiger partial charge on any atom is -0.436 e. The fourth-order valence-corrected chi connectivity index (χ4v) is 6.24. The second-order valence-corrected chi connectivity index (χ2v) is 10.5. The molecule has 2 aromatic carbocycles. The number of carbonyl (C=O) groups excluding carboxylic acids is 1. The van der Waals surface area contributed by atoms with Gasteiger partial charge in [0.05, 0.1) is 17.1 Å². The molecule has 7 heteroatoms. The van der Waals surface area contributed by atoms with E-state index in [4.69, 9.17) is 16.3 Å². The summed E-state index contributed by atoms with van der Waals surface area (Å²) in [4.78, 5) is 21.6. The number of piperidine rings is 1. The van der Waals surface area contributed by atoms with E-state index >= 15 is 0 Å². The van der Waals surface area contributed by atoms with E-state index in [1.54, 1.807) is 16.7 Å². The highest BCUT2D eigenvalue weighted by atomic mass is 35.5. The van der Waals surface area contributed by atoms with E-state index in [0.717, 1.165) is 62.6 Å². The Hall–Kier alpha value is -2.15. The molecule has 2 fully saturated rings. The molecule has 174 valence electrons. The van der Waals surface area contributed by atoms with E-state index in [-0.39, 0.29) is 6.09 Å². The first kappa shape index (κ1) is 22.6. The number of fused-ring (bicyclic) bond motifs is 2. The van der Waals surface area contributed by atoms with Crippen molar-refractivity contribution in [3.63, 3.8) is 0 Å². The maximum Gasteiger partial charge on any atom is 0.415 e. The van der Waals surface area contributed by atoms with E-state index < -0.39 is 5.60 Å². The summed E-state index contributed by atoms with van der Waals surface area (Å²) in [6.45, 7) is 10.7. The molecule has 0 bridgehead atoms. The van der Waals surface area contributed by atoms with E-state index in [9.17, 15) is 4.79 Å². The topological polar surface area (TPSA) is 36.0 Å². The SMILES string of the molecule is C=C1N(CCCC)C(=O)OC12CCN(CCN1c3ccccc3Sc3ccc(Cl)cc31)CC2. The smallest absolute Gasteiger partial charge is 0.415 e. The fourth-order valence-electron chi connectivity index (χ4n) is 4.99. The Morgan fingerprint density at radius 2 is 1.79 bits per heavy atom. The summed E-state index contributed by atoms with van der Waals surface area (Å²) in [6.07, 6.45) is 3.39. The summed E-state index contributed by atoms with van der Waals surface area (Å²) in [5.41, 5.74) is 2.74. The van der Waals surface area contributed by atoms with Gasteiger partial charge >= 0.3 is 6.09 Å². The summed E-state index contributed by atoms with van der Waals surface area (Å²) < 4.78 is 5.89. The number of unbranched alkanes of at least 4 members (excludes halogenated alkanes) is 1. The Bertz CT molecular complexity index is 1070. The summed E-state index contributed by atoms with van der Waals surface area (Å²) in [7, 11) is 0. The minimum absolute atomic E-state index is 0.224. The van der Waals surface area contributed by atoms with Crippen LogP contribution >= 0.6 is 23.4 Å². The van der Waals surface area contributed by atoms with Gasteiger partial charge in [-0.2, -0.15) is 0 Å². The number of ether oxygens (including phenoxy) is 1. The molecule has 0 N–H and O–H groups in total. The van der Waals surface area contributed by atoms with Crippen molar-refractivity contribution in [2.45, 2.75) is 48.0 Å². The lowest BCUT2D eigenvalue weighted by Gasteiger charge is -2.40. The van der Waals surface area contributed by atoms with Crippen molar-refractivity contribution in [3.05, 3.63) is 59.8 Å². The van der Waals surface area contributed by atoms with Gasteiger partial charge in [0, 0.05) is 60.4 Å². The van der Waals surface area contributed by atoms with Crippen molar-refractivity contribution < 1.29 is 9.53 Å². The Morgan fingerprint density at radius 3 is 2.58 bits per heavy atom. The fraction of sp³-hybridized carbons (Fsp3) is 0.423. The van der Waals surface area contributed by atoms with Crippen molar-refractivity contribution in [3.8, 4) is 0 Å². The molecule has 1 amide bonds. The second-order valence-electron chi connectivity index (χ2n) is 8.99. The van der Waals surface area contributed by atoms with Gasteiger partial charge in [-0.15, -0.1) is 0 Å². The lowest BCUT2D eigenvalue weighted by atomic mass is 9.88. The molecule has 1 spiro atoms. The Morgan fingerprint density at radius 1 is 1.03 bits per heavy atom. The van der Waals surface area contributed by atoms with Crippen LogP contribution in [0.25, 0.3) is 0 Å². The molecule has 0 radical (unpaired) electrons. The Labute approximate surface area is 205 Å². The average molecular weight is 484 g/mol. The lowest BCUT2D eigenvalue weighted by molar-refractivity contribution is 0.0155. The highest BCUT2D eigenvalue weighted by Gasteiger charge is 2.50. The first-order valence-corrected chi connectivity index (χ1v) is 13.0. The van der Waals surface area contributed by atoms with Crippen LogP contribution in [0.3, 0.4) is 0 Å². The van der Waals surface area contributed by atoms with Gasteiger partial charge in [0.25, 0.3) is 0 Å². The number of para-hydroxylation sites is 1. The van der Waals surface area contributed by atoms with E-state index in [0.29, 0.717) is 6.54 Å². The molecule has 2 aromatic rings. The quantitative estimate of drug-likeness (QED) is 0.466. The van der Waals surface area contributed by atoms with Crippen molar-refractivity contribution in [2.75, 3.05) is 37.6 Å². The number of carbonyl (C=O) groups is 1. The molecule has 0 atom stereocenters. The Kier molecular flexibility index (Phi) is 6.34. The van der Waals surface area contributed by atoms with Crippen LogP contribution in [0, 0.1) is 0 Å². The summed E-state index contributed by atoms with van der Waals surface area (Å²) in [5.74, 6) is 0. The van der Waals surface area contributed by atoms with Crippen LogP contribution in [0.5, 0.6) is 0 Å². The summed E-state index contributed by atoms with van der Waals surface area (Å²) in [5, 5.41) is 0.757. The summed E-state index contributed by atoms with van der Waals surface area (Å²) in [6, 6.07) is 14.7. The number of halogens is 1. The predicted octanol–water partition coefficient (Wildman–Crippen LogP) is 6.54. The normalized spacial score (nSPS) is 19.6. The average Bonchev–Trinajstić information content (AvgIpc) is 3.05. The molecule has 0 unspecified atom stereocenters. The zero-order chi connectivity index (χ0) is 23.0. The van der Waals surface area contributed by atoms with Gasteiger partial charge in [0.15, 0.2) is 5.60 Å². The van der Waals surface area contributed by atoms with Crippen molar-refractivity contribution in [1.82, 2.24) is 9.80 Å². The van der Waals surface area contributed by atoms with Gasteiger partial charge in [-0.3, -0.25) is 4.90 Å². The predicted molar refractivity (Wildman–Crippen MR) is 135 cm³/mol. The van der Waals surface area contributed by atoms with Crippen LogP contribution in [0.4, 0.5) is 16.2 Å². The number of rotatable bonds is 6. The number of nitrogens with zero attached hydrogens (tertiary/aromatic N) is 3. The maximum absolute atomic E-state index is 12.4. The molecule has 5 nitrogen and oxygen atoms in total. The van der Waals surface area contributed by atoms with Crippen molar-refractivity contribution in [1.29, 1.82) is 0 Å². The monoisotopic (exact) mass is 483 g/mol. The number of likely N-dealkylation sites (tertiary alicyclic amines) is 1. The van der Waals surface area contributed by atoms with Gasteiger partial charge in [0.2, 0.25) is 0 Å². The highest BCUT2D eigenvalue weighted by molar-refractivity contribution is 7.99. The second kappa shape index (κ2) is 9.24. The van der Waals surface area contributed by atoms with Crippen LogP contribution in [0.1, 0.15) is 32.6 Å². The van der Waals surface area contributed by atoms with Crippen LogP contribution in [-0.4, -0.2) is 54.2 Å². The number of hydrogen-bond acceptors (Lipinski definition) is 5. The third kappa shape index (κ3) is 4.25. The maximum atomic E-state index is 12.4. The third-order valence-corrected chi connectivity index (χ3v) is 8.35. The van der Waals surface area contributed by atoms with Gasteiger partial charge in [0.1, 0.15) is 0 Å². The van der Waals surface area contributed by atoms with Gasteiger partial charge in [-0.05, 0) is 36.8 Å². The first-order chi connectivity index (χ1) is 16.0. The summed E-state index contributed by atoms with van der Waals surface area (Å²) >= 11 is 8.15. The third-order valence-electron chi connectivity index (χ3n) is 6.98. The Balaban J connectivity index is 1.26. The molecule has 0 aromatic heterocycles. The first-order valence-electron chi connectivity index (χ1n) is 11.8. The molecule has 3 aliphatic rings. The zero-order valence-electron chi connectivity index (χ0n) is 19.1. The van der Waals surface area contributed by atoms with Crippen molar-refractivity contribution >= 4 is 40.8 Å². The van der Waals surface area contributed by atoms with Crippen LogP contribution < -0.4 is 4.90 Å². The standard InChI is InChI=1S/C26H30ClN3O2S/c1-3-4-13-29-19(2)26(32-25(29)31)11-14-28(15-12-26)16-17-30-21-7-5-6-8-23(21)33-24-10-9-20(27)18-22(24)30/h5-10,18H,2-4,11-17H2,1H3. The van der Waals surface area contributed by atoms with Gasteiger partial charge < -0.3 is 14.5 Å². The van der Waals surface area contributed by atoms with Crippen LogP contribution in [-0.2, 0) is 4.74 Å². The largest absolute Gasteiger partial charge is 0.436 e. The molecule has 3 heterocycles. The molecular weight excluding hydrogens is 454 g/mol. The van der Waals surface area contributed by atoms with E-state index in [2.05, 4.69) is 59.7 Å². The molecule has 33 heavy (non-hydrogen) atoms. The van der Waals surface area contributed by atoms with Crippen LogP contribution in [0.15, 0.2) is 64.5 Å². The molecule has 3 aliphatic heterocycles. The molecular formula is C26H30ClN3O2S. The van der Waals surface area contributed by atoms with Gasteiger partial charge in [-0.25, -0.2) is 4.79 Å². The van der Waals surface area contributed by atoms with Crippen LogP contribution in [0.2, 0.25) is 5.02 Å². The lowest BCUT2D eigenvalue weighted by Crippen LogP contribution is -2.47. The molecule has 0 aliphatic carbocycles. The number of hydrogen-bond donors (Lipinski definition) is 0. The van der Waals surface area contributed by atoms with Crippen molar-refractivity contribution in [2.24, 2.45) is 0 Å². The highest BCUT2D eigenvalue weighted by Crippen LogP contribution is 2.48. The minimum atomic E-state index is -0.518.